The van der Waals surface area contributed by atoms with Gasteiger partial charge in [0, 0.05) is 4.88 Å². The highest BCUT2D eigenvalue weighted by molar-refractivity contribution is 7.18. The summed E-state index contributed by atoms with van der Waals surface area (Å²) >= 11 is 7.51. The summed E-state index contributed by atoms with van der Waals surface area (Å²) in [6.07, 6.45) is 0.922. The number of hydrogen-bond donors (Lipinski definition) is 1. The Morgan fingerprint density at radius 1 is 1.50 bits per heavy atom. The van der Waals surface area contributed by atoms with Crippen molar-refractivity contribution in [2.45, 2.75) is 33.2 Å². The Balaban J connectivity index is 2.33. The molecule has 2 aromatic heterocycles. The average Bonchev–Trinajstić information content (AvgIpc) is 2.81. The number of thiophene rings is 1. The molecular formula is C13H16ClN3O2S. The molecule has 0 saturated carbocycles. The van der Waals surface area contributed by atoms with Gasteiger partial charge in [0.25, 0.3) is 0 Å². The standard InChI is InChI=1S/C13H16ClN3O2S/c1-4-8-6-9-10(15-7(3)12(18)19-5-2)16-13(14)17-11(9)20-8/h6-7H,4-5H2,1-3H3,(H,15,16,17). The van der Waals surface area contributed by atoms with E-state index in [0.29, 0.717) is 12.4 Å². The first-order chi connectivity index (χ1) is 9.55. The Kier molecular flexibility index (Phi) is 4.77. The van der Waals surface area contributed by atoms with Crippen molar-refractivity contribution in [3.8, 4) is 0 Å². The largest absolute Gasteiger partial charge is 0.464 e. The first-order valence-corrected chi connectivity index (χ1v) is 7.63. The summed E-state index contributed by atoms with van der Waals surface area (Å²) in [5.74, 6) is 0.248. The quantitative estimate of drug-likeness (QED) is 0.678. The molecule has 20 heavy (non-hydrogen) atoms. The molecule has 7 heteroatoms. The molecule has 0 aliphatic heterocycles. The molecule has 0 amide bonds. The first kappa shape index (κ1) is 15.0. The van der Waals surface area contributed by atoms with Crippen molar-refractivity contribution in [2.24, 2.45) is 0 Å². The third-order valence-corrected chi connectivity index (χ3v) is 4.10. The van der Waals surface area contributed by atoms with Crippen LogP contribution in [-0.2, 0) is 16.0 Å². The molecule has 2 aromatic rings. The maximum absolute atomic E-state index is 11.7. The molecule has 5 nitrogen and oxygen atoms in total. The fraction of sp³-hybridized carbons (Fsp3) is 0.462. The number of hydrogen-bond acceptors (Lipinski definition) is 6. The molecule has 1 N–H and O–H groups in total. The second kappa shape index (κ2) is 6.37. The predicted octanol–water partition coefficient (Wildman–Crippen LogP) is 3.27. The molecule has 1 atom stereocenters. The van der Waals surface area contributed by atoms with E-state index in [2.05, 4.69) is 22.2 Å². The summed E-state index contributed by atoms with van der Waals surface area (Å²) in [4.78, 5) is 22.1. The van der Waals surface area contributed by atoms with Gasteiger partial charge in [0.15, 0.2) is 0 Å². The molecule has 0 aliphatic carbocycles. The van der Waals surface area contributed by atoms with E-state index in [0.717, 1.165) is 16.6 Å². The van der Waals surface area contributed by atoms with Crippen molar-refractivity contribution in [3.63, 3.8) is 0 Å². The van der Waals surface area contributed by atoms with Gasteiger partial charge in [-0.2, -0.15) is 0 Å². The lowest BCUT2D eigenvalue weighted by atomic mass is 10.3. The highest BCUT2D eigenvalue weighted by Gasteiger charge is 2.17. The summed E-state index contributed by atoms with van der Waals surface area (Å²) in [5.41, 5.74) is 0. The lowest BCUT2D eigenvalue weighted by molar-refractivity contribution is -0.143. The Hall–Kier alpha value is -1.40. The zero-order valence-electron chi connectivity index (χ0n) is 11.6. The van der Waals surface area contributed by atoms with Crippen LogP contribution in [0.25, 0.3) is 10.2 Å². The van der Waals surface area contributed by atoms with E-state index in [9.17, 15) is 4.79 Å². The number of carbonyl (C=O) groups is 1. The molecule has 108 valence electrons. The number of halogens is 1. The number of fused-ring (bicyclic) bond motifs is 1. The van der Waals surface area contributed by atoms with Crippen LogP contribution in [0, 0.1) is 0 Å². The van der Waals surface area contributed by atoms with Crippen molar-refractivity contribution in [1.82, 2.24) is 9.97 Å². The van der Waals surface area contributed by atoms with Crippen molar-refractivity contribution in [3.05, 3.63) is 16.2 Å². The summed E-state index contributed by atoms with van der Waals surface area (Å²) in [5, 5.41) is 4.09. The number of esters is 1. The van der Waals surface area contributed by atoms with Crippen molar-refractivity contribution in [2.75, 3.05) is 11.9 Å². The second-order valence-electron chi connectivity index (χ2n) is 4.24. The van der Waals surface area contributed by atoms with E-state index >= 15 is 0 Å². The van der Waals surface area contributed by atoms with Gasteiger partial charge in [0.1, 0.15) is 16.7 Å². The van der Waals surface area contributed by atoms with Crippen LogP contribution >= 0.6 is 22.9 Å². The van der Waals surface area contributed by atoms with E-state index in [1.807, 2.05) is 6.07 Å². The van der Waals surface area contributed by atoms with Gasteiger partial charge in [-0.1, -0.05) is 6.92 Å². The minimum Gasteiger partial charge on any atom is -0.464 e. The Bertz CT molecular complexity index is 629. The minimum atomic E-state index is -0.492. The fourth-order valence-corrected chi connectivity index (χ4v) is 2.95. The van der Waals surface area contributed by atoms with Crippen LogP contribution in [-0.4, -0.2) is 28.6 Å². The maximum Gasteiger partial charge on any atom is 0.328 e. The molecule has 0 spiro atoms. The van der Waals surface area contributed by atoms with Gasteiger partial charge in [-0.25, -0.2) is 14.8 Å². The second-order valence-corrected chi connectivity index (χ2v) is 5.70. The first-order valence-electron chi connectivity index (χ1n) is 6.44. The summed E-state index contributed by atoms with van der Waals surface area (Å²) < 4.78 is 4.97. The van der Waals surface area contributed by atoms with Gasteiger partial charge in [-0.3, -0.25) is 0 Å². The highest BCUT2D eigenvalue weighted by atomic mass is 35.5. The highest BCUT2D eigenvalue weighted by Crippen LogP contribution is 2.30. The van der Waals surface area contributed by atoms with Gasteiger partial charge >= 0.3 is 5.97 Å². The lowest BCUT2D eigenvalue weighted by Gasteiger charge is -2.13. The number of nitrogens with zero attached hydrogens (tertiary/aromatic N) is 2. The van der Waals surface area contributed by atoms with Gasteiger partial charge in [0.05, 0.1) is 12.0 Å². The topological polar surface area (TPSA) is 64.1 Å². The molecule has 2 rings (SSSR count). The average molecular weight is 314 g/mol. The molecule has 2 heterocycles. The van der Waals surface area contributed by atoms with Crippen LogP contribution in [0.15, 0.2) is 6.07 Å². The van der Waals surface area contributed by atoms with E-state index in [-0.39, 0.29) is 11.3 Å². The number of aryl methyl sites for hydroxylation is 1. The zero-order chi connectivity index (χ0) is 14.7. The van der Waals surface area contributed by atoms with Crippen LogP contribution < -0.4 is 5.32 Å². The van der Waals surface area contributed by atoms with E-state index < -0.39 is 6.04 Å². The Labute approximate surface area is 126 Å². The molecule has 0 aliphatic rings. The van der Waals surface area contributed by atoms with Gasteiger partial charge < -0.3 is 10.1 Å². The SMILES string of the molecule is CCOC(=O)C(C)Nc1nc(Cl)nc2sc(CC)cc12. The maximum atomic E-state index is 11.7. The molecule has 0 bridgehead atoms. The smallest absolute Gasteiger partial charge is 0.328 e. The van der Waals surface area contributed by atoms with Crippen molar-refractivity contribution in [1.29, 1.82) is 0 Å². The van der Waals surface area contributed by atoms with Crippen LogP contribution in [0.2, 0.25) is 5.28 Å². The van der Waals surface area contributed by atoms with E-state index in [1.54, 1.807) is 25.2 Å². The zero-order valence-corrected chi connectivity index (χ0v) is 13.1. The Morgan fingerprint density at radius 3 is 2.90 bits per heavy atom. The van der Waals surface area contributed by atoms with E-state index in [4.69, 9.17) is 16.3 Å². The number of ether oxygens (including phenoxy) is 1. The van der Waals surface area contributed by atoms with Gasteiger partial charge in [-0.05, 0) is 37.9 Å². The number of carbonyl (C=O) groups excluding carboxylic acids is 1. The number of rotatable bonds is 5. The summed E-state index contributed by atoms with van der Waals surface area (Å²) in [6, 6.07) is 1.53. The molecular weight excluding hydrogens is 298 g/mol. The van der Waals surface area contributed by atoms with Crippen molar-refractivity contribution < 1.29 is 9.53 Å². The number of nitrogens with one attached hydrogen (secondary N) is 1. The van der Waals surface area contributed by atoms with Crippen LogP contribution in [0.4, 0.5) is 5.82 Å². The van der Waals surface area contributed by atoms with Crippen molar-refractivity contribution >= 4 is 44.9 Å². The lowest BCUT2D eigenvalue weighted by Crippen LogP contribution is -2.28. The predicted molar refractivity (Wildman–Crippen MR) is 81.5 cm³/mol. The van der Waals surface area contributed by atoms with Crippen LogP contribution in [0.1, 0.15) is 25.6 Å². The molecule has 0 aromatic carbocycles. The Morgan fingerprint density at radius 2 is 2.25 bits per heavy atom. The third kappa shape index (κ3) is 3.19. The molecule has 1 unspecified atom stereocenters. The monoisotopic (exact) mass is 313 g/mol. The van der Waals surface area contributed by atoms with Gasteiger partial charge in [0.2, 0.25) is 5.28 Å². The molecule has 0 saturated heterocycles. The minimum absolute atomic E-state index is 0.167. The fourth-order valence-electron chi connectivity index (χ4n) is 1.76. The summed E-state index contributed by atoms with van der Waals surface area (Å²) in [7, 11) is 0. The van der Waals surface area contributed by atoms with E-state index in [1.165, 1.54) is 4.88 Å². The third-order valence-electron chi connectivity index (χ3n) is 2.76. The summed E-state index contributed by atoms with van der Waals surface area (Å²) in [6.45, 7) is 5.93. The molecule has 0 fully saturated rings. The van der Waals surface area contributed by atoms with Crippen LogP contribution in [0.3, 0.4) is 0 Å². The number of anilines is 1. The van der Waals surface area contributed by atoms with Crippen LogP contribution in [0.5, 0.6) is 0 Å². The normalized spacial score (nSPS) is 12.4. The molecule has 0 radical (unpaired) electrons. The van der Waals surface area contributed by atoms with Gasteiger partial charge in [-0.15, -0.1) is 11.3 Å². The number of aromatic nitrogens is 2.